The van der Waals surface area contributed by atoms with Crippen LogP contribution in [0.2, 0.25) is 5.02 Å². The van der Waals surface area contributed by atoms with Crippen LogP contribution in [0, 0.1) is 5.92 Å². The van der Waals surface area contributed by atoms with E-state index in [2.05, 4.69) is 19.9 Å². The van der Waals surface area contributed by atoms with E-state index in [1.807, 2.05) is 43.3 Å². The molecule has 1 saturated carbocycles. The first-order valence-corrected chi connectivity index (χ1v) is 16.6. The van der Waals surface area contributed by atoms with Gasteiger partial charge in [0.2, 0.25) is 0 Å². The Labute approximate surface area is 244 Å². The average Bonchev–Trinajstić information content (AvgIpc) is 3.65. The summed E-state index contributed by atoms with van der Waals surface area (Å²) in [5.74, 6) is 0.841. The minimum atomic E-state index is -3.62. The molecule has 0 spiro atoms. The smallest absolute Gasteiger partial charge is 0.264 e. The average molecular weight is 595 g/mol. The quantitative estimate of drug-likeness (QED) is 0.162. The zero-order valence-corrected chi connectivity index (χ0v) is 25.6. The zero-order valence-electron chi connectivity index (χ0n) is 24.1. The molecule has 7 nitrogen and oxygen atoms in total. The lowest BCUT2D eigenvalue weighted by Crippen LogP contribution is -2.49. The highest BCUT2D eigenvalue weighted by Crippen LogP contribution is 2.59. The molecule has 1 aliphatic heterocycles. The summed E-state index contributed by atoms with van der Waals surface area (Å²) in [4.78, 5) is 0. The molecule has 222 valence electrons. The molecule has 40 heavy (non-hydrogen) atoms. The highest BCUT2D eigenvalue weighted by atomic mass is 35.5. The van der Waals surface area contributed by atoms with Gasteiger partial charge in [-0.25, -0.2) is 0 Å². The van der Waals surface area contributed by atoms with Crippen molar-refractivity contribution in [2.45, 2.75) is 83.2 Å². The van der Waals surface area contributed by atoms with E-state index in [1.165, 1.54) is 0 Å². The molecular weight excluding hydrogens is 552 g/mol. The van der Waals surface area contributed by atoms with Gasteiger partial charge in [-0.05, 0) is 67.5 Å². The Balaban J connectivity index is 1.64. The van der Waals surface area contributed by atoms with Crippen molar-refractivity contribution in [2.24, 2.45) is 5.92 Å². The van der Waals surface area contributed by atoms with Crippen LogP contribution in [0.1, 0.15) is 75.7 Å². The second-order valence-corrected chi connectivity index (χ2v) is 12.9. The Kier molecular flexibility index (Phi) is 10.9. The maximum Gasteiger partial charge on any atom is 0.264 e. The van der Waals surface area contributed by atoms with E-state index in [0.29, 0.717) is 37.7 Å². The number of benzene rings is 2. The van der Waals surface area contributed by atoms with Gasteiger partial charge in [0.25, 0.3) is 10.1 Å². The van der Waals surface area contributed by atoms with E-state index in [-0.39, 0.29) is 24.7 Å². The van der Waals surface area contributed by atoms with E-state index in [0.717, 1.165) is 54.4 Å². The van der Waals surface area contributed by atoms with Gasteiger partial charge >= 0.3 is 0 Å². The topological polar surface area (TPSA) is 80.3 Å². The highest BCUT2D eigenvalue weighted by Gasteiger charge is 2.67. The monoisotopic (exact) mass is 594 g/mol. The van der Waals surface area contributed by atoms with Crippen LogP contribution in [-0.2, 0) is 34.9 Å². The second-order valence-electron chi connectivity index (χ2n) is 10.9. The maximum atomic E-state index is 11.9. The second kappa shape index (κ2) is 14.0. The van der Waals surface area contributed by atoms with Gasteiger partial charge in [0.15, 0.2) is 0 Å². The predicted octanol–water partition coefficient (Wildman–Crippen LogP) is 6.51. The molecule has 1 aliphatic carbocycles. The SMILES string of the molecule is CCCCO[C@@H]1[C@@H](OCCCC)[C@H](c2ccc(Cl)c(Cc3ccc(OCC)cc3)c2)O[C@]2(COS(C)(=O)=O)C[C@H]12. The van der Waals surface area contributed by atoms with Crippen molar-refractivity contribution in [3.05, 3.63) is 64.2 Å². The third-order valence-electron chi connectivity index (χ3n) is 7.62. The molecule has 1 heterocycles. The Morgan fingerprint density at radius 3 is 2.27 bits per heavy atom. The number of ether oxygens (including phenoxy) is 4. The van der Waals surface area contributed by atoms with Crippen molar-refractivity contribution in [2.75, 3.05) is 32.7 Å². The lowest BCUT2D eigenvalue weighted by Gasteiger charge is -2.41. The fourth-order valence-corrected chi connectivity index (χ4v) is 5.97. The van der Waals surface area contributed by atoms with Crippen molar-refractivity contribution in [1.82, 2.24) is 0 Å². The number of rotatable bonds is 16. The summed E-state index contributed by atoms with van der Waals surface area (Å²) in [7, 11) is -3.62. The molecule has 0 N–H and O–H groups in total. The maximum absolute atomic E-state index is 11.9. The first-order chi connectivity index (χ1) is 19.2. The van der Waals surface area contributed by atoms with E-state index in [4.69, 9.17) is 34.7 Å². The van der Waals surface area contributed by atoms with Gasteiger partial charge in [-0.2, -0.15) is 8.42 Å². The zero-order chi connectivity index (χ0) is 28.8. The molecule has 4 rings (SSSR count). The van der Waals surface area contributed by atoms with Crippen LogP contribution in [0.4, 0.5) is 0 Å². The van der Waals surface area contributed by atoms with Gasteiger partial charge < -0.3 is 18.9 Å². The van der Waals surface area contributed by atoms with Crippen molar-refractivity contribution >= 4 is 21.7 Å². The van der Waals surface area contributed by atoms with Gasteiger partial charge in [0.05, 0.1) is 31.2 Å². The molecule has 2 aromatic rings. The molecule has 9 heteroatoms. The lowest BCUT2D eigenvalue weighted by molar-refractivity contribution is -0.213. The molecule has 0 amide bonds. The molecule has 0 bridgehead atoms. The highest BCUT2D eigenvalue weighted by molar-refractivity contribution is 7.85. The van der Waals surface area contributed by atoms with Crippen LogP contribution in [-0.4, -0.2) is 58.9 Å². The first-order valence-electron chi connectivity index (χ1n) is 14.4. The van der Waals surface area contributed by atoms with E-state index < -0.39 is 21.8 Å². The number of halogens is 1. The third kappa shape index (κ3) is 7.99. The van der Waals surface area contributed by atoms with Gasteiger partial charge in [0, 0.05) is 24.2 Å². The van der Waals surface area contributed by atoms with Gasteiger partial charge in [-0.1, -0.05) is 62.6 Å². The van der Waals surface area contributed by atoms with Crippen LogP contribution in [0.5, 0.6) is 5.75 Å². The Hall–Kier alpha value is -1.68. The van der Waals surface area contributed by atoms with Crippen molar-refractivity contribution < 1.29 is 31.5 Å². The van der Waals surface area contributed by atoms with Gasteiger partial charge in [0.1, 0.15) is 18.0 Å². The van der Waals surface area contributed by atoms with Gasteiger partial charge in [-0.15, -0.1) is 0 Å². The summed E-state index contributed by atoms with van der Waals surface area (Å²) in [6, 6.07) is 14.0. The summed E-state index contributed by atoms with van der Waals surface area (Å²) in [6.45, 7) is 8.03. The molecule has 2 aromatic carbocycles. The summed E-state index contributed by atoms with van der Waals surface area (Å²) in [6.07, 6.45) is 5.27. The Bertz CT molecular complexity index is 1200. The van der Waals surface area contributed by atoms with Crippen LogP contribution < -0.4 is 4.74 Å². The van der Waals surface area contributed by atoms with Crippen LogP contribution in [0.25, 0.3) is 0 Å². The van der Waals surface area contributed by atoms with Gasteiger partial charge in [-0.3, -0.25) is 4.18 Å². The molecule has 0 radical (unpaired) electrons. The molecule has 5 atom stereocenters. The number of fused-ring (bicyclic) bond motifs is 1. The largest absolute Gasteiger partial charge is 0.494 e. The van der Waals surface area contributed by atoms with Crippen LogP contribution in [0.3, 0.4) is 0 Å². The molecule has 2 aliphatic rings. The molecule has 0 aromatic heterocycles. The van der Waals surface area contributed by atoms with E-state index in [1.54, 1.807) is 0 Å². The Morgan fingerprint density at radius 2 is 1.65 bits per heavy atom. The van der Waals surface area contributed by atoms with E-state index >= 15 is 0 Å². The van der Waals surface area contributed by atoms with Crippen molar-refractivity contribution in [3.8, 4) is 5.75 Å². The molecule has 1 saturated heterocycles. The normalized spacial score (nSPS) is 25.9. The number of hydrogen-bond acceptors (Lipinski definition) is 7. The minimum Gasteiger partial charge on any atom is -0.494 e. The predicted molar refractivity (Wildman–Crippen MR) is 157 cm³/mol. The molecule has 0 unspecified atom stereocenters. The van der Waals surface area contributed by atoms with Crippen molar-refractivity contribution in [3.63, 3.8) is 0 Å². The fraction of sp³-hybridized carbons (Fsp3) is 0.613. The summed E-state index contributed by atoms with van der Waals surface area (Å²) in [5.41, 5.74) is 2.29. The van der Waals surface area contributed by atoms with Crippen LogP contribution >= 0.6 is 11.6 Å². The lowest BCUT2D eigenvalue weighted by atomic mass is 9.91. The first kappa shape index (κ1) is 31.3. The standard InChI is InChI=1S/C31H43ClO7S/c1-5-8-16-36-29-26-20-31(26,21-38-40(4,33)34)39-28(30(29)37-17-9-6-2)23-12-15-27(32)24(19-23)18-22-10-13-25(14-11-22)35-7-3/h10-15,19,26,28-30H,5-9,16-18,20-21H2,1-4H3/t26-,28+,29+,30+,31+/m1/s1. The molecule has 2 fully saturated rings. The van der Waals surface area contributed by atoms with Crippen LogP contribution in [0.15, 0.2) is 42.5 Å². The fourth-order valence-electron chi connectivity index (χ4n) is 5.37. The van der Waals surface area contributed by atoms with Crippen molar-refractivity contribution in [1.29, 1.82) is 0 Å². The molecular formula is C31H43ClO7S. The Morgan fingerprint density at radius 1 is 0.975 bits per heavy atom. The number of hydrogen-bond donors (Lipinski definition) is 0. The summed E-state index contributed by atoms with van der Waals surface area (Å²) < 4.78 is 54.3. The third-order valence-corrected chi connectivity index (χ3v) is 8.54. The summed E-state index contributed by atoms with van der Waals surface area (Å²) in [5, 5.41) is 0.673. The van der Waals surface area contributed by atoms with E-state index in [9.17, 15) is 8.42 Å². The minimum absolute atomic E-state index is 0.00427. The number of unbranched alkanes of at least 4 members (excludes halogenated alkanes) is 2. The summed E-state index contributed by atoms with van der Waals surface area (Å²) >= 11 is 6.67.